The van der Waals surface area contributed by atoms with E-state index in [4.69, 9.17) is 4.74 Å². The molecule has 0 aromatic rings. The average Bonchev–Trinajstić information content (AvgIpc) is 2.02. The molecule has 1 fully saturated rings. The molecule has 0 aromatic carbocycles. The summed E-state index contributed by atoms with van der Waals surface area (Å²) in [7, 11) is 1.76. The minimum atomic E-state index is -0.229. The van der Waals surface area contributed by atoms with E-state index in [9.17, 15) is 4.39 Å². The molecule has 1 N–H and O–H groups in total. The van der Waals surface area contributed by atoms with Gasteiger partial charge in [-0.3, -0.25) is 4.39 Å². The normalized spacial score (nSPS) is 20.5. The van der Waals surface area contributed by atoms with Crippen molar-refractivity contribution in [2.45, 2.75) is 31.3 Å². The summed E-state index contributed by atoms with van der Waals surface area (Å²) in [6.45, 7) is 1.41. The Balaban J connectivity index is 2.04. The zero-order valence-electron chi connectivity index (χ0n) is 7.74. The average molecular weight is 175 g/mol. The van der Waals surface area contributed by atoms with Crippen LogP contribution in [-0.2, 0) is 4.74 Å². The summed E-state index contributed by atoms with van der Waals surface area (Å²) in [4.78, 5) is 0. The highest BCUT2D eigenvalue weighted by molar-refractivity contribution is 4.91. The molecular formula is C9H18FNO. The highest BCUT2D eigenvalue weighted by atomic mass is 19.1. The van der Waals surface area contributed by atoms with Crippen LogP contribution in [0.3, 0.4) is 0 Å². The molecule has 72 valence electrons. The van der Waals surface area contributed by atoms with Gasteiger partial charge in [-0.2, -0.15) is 0 Å². The maximum atomic E-state index is 11.7. The van der Waals surface area contributed by atoms with E-state index in [-0.39, 0.29) is 12.3 Å². The van der Waals surface area contributed by atoms with Gasteiger partial charge < -0.3 is 10.1 Å². The largest absolute Gasteiger partial charge is 0.377 e. The molecule has 0 aliphatic heterocycles. The Morgan fingerprint density at radius 3 is 2.67 bits per heavy atom. The maximum Gasteiger partial charge on any atom is 0.0906 e. The van der Waals surface area contributed by atoms with Crippen LogP contribution in [0.4, 0.5) is 4.39 Å². The zero-order chi connectivity index (χ0) is 8.86. The van der Waals surface area contributed by atoms with Crippen molar-refractivity contribution in [3.63, 3.8) is 0 Å². The van der Waals surface area contributed by atoms with Crippen molar-refractivity contribution in [3.8, 4) is 0 Å². The number of nitrogens with one attached hydrogen (secondary N) is 1. The molecule has 0 heterocycles. The second-order valence-corrected chi connectivity index (χ2v) is 3.46. The predicted octanol–water partition coefficient (Wildman–Crippen LogP) is 1.50. The minimum Gasteiger partial charge on any atom is -0.377 e. The predicted molar refractivity (Wildman–Crippen MR) is 47.1 cm³/mol. The highest BCUT2D eigenvalue weighted by Crippen LogP contribution is 2.34. The van der Waals surface area contributed by atoms with E-state index in [1.807, 2.05) is 0 Å². The van der Waals surface area contributed by atoms with Gasteiger partial charge in [0, 0.05) is 13.7 Å². The molecule has 0 spiro atoms. The van der Waals surface area contributed by atoms with Gasteiger partial charge in [0.25, 0.3) is 0 Å². The van der Waals surface area contributed by atoms with Crippen LogP contribution in [-0.4, -0.2) is 32.5 Å². The Morgan fingerprint density at radius 2 is 2.25 bits per heavy atom. The Labute approximate surface area is 73.5 Å². The van der Waals surface area contributed by atoms with E-state index >= 15 is 0 Å². The second-order valence-electron chi connectivity index (χ2n) is 3.46. The first kappa shape index (κ1) is 9.93. The molecule has 0 amide bonds. The number of hydrogen-bond donors (Lipinski definition) is 1. The van der Waals surface area contributed by atoms with Crippen LogP contribution in [0.15, 0.2) is 0 Å². The van der Waals surface area contributed by atoms with E-state index in [0.29, 0.717) is 6.42 Å². The molecule has 1 aliphatic carbocycles. The van der Waals surface area contributed by atoms with Gasteiger partial charge in [0.05, 0.1) is 12.3 Å². The first-order valence-corrected chi connectivity index (χ1v) is 4.65. The summed E-state index contributed by atoms with van der Waals surface area (Å²) < 4.78 is 17.1. The molecule has 0 atom stereocenters. The number of halogens is 1. The van der Waals surface area contributed by atoms with E-state index in [2.05, 4.69) is 5.32 Å². The molecule has 12 heavy (non-hydrogen) atoms. The minimum absolute atomic E-state index is 0.0797. The van der Waals surface area contributed by atoms with Crippen molar-refractivity contribution in [1.82, 2.24) is 5.32 Å². The topological polar surface area (TPSA) is 21.3 Å². The molecular weight excluding hydrogens is 157 g/mol. The number of hydrogen-bond acceptors (Lipinski definition) is 2. The summed E-state index contributed by atoms with van der Waals surface area (Å²) in [5.74, 6) is 0. The van der Waals surface area contributed by atoms with E-state index in [0.717, 1.165) is 25.9 Å². The third-order valence-corrected chi connectivity index (χ3v) is 2.63. The van der Waals surface area contributed by atoms with Crippen LogP contribution in [0.2, 0.25) is 0 Å². The van der Waals surface area contributed by atoms with Gasteiger partial charge in [0.2, 0.25) is 0 Å². The van der Waals surface area contributed by atoms with Gasteiger partial charge >= 0.3 is 0 Å². The molecule has 0 bridgehead atoms. The molecule has 3 heteroatoms. The number of rotatable bonds is 6. The SMILES string of the molecule is COC1(CNCCCF)CCC1. The number of ether oxygens (including phenoxy) is 1. The molecule has 1 rings (SSSR count). The van der Waals surface area contributed by atoms with Crippen molar-refractivity contribution in [2.24, 2.45) is 0 Å². The van der Waals surface area contributed by atoms with E-state index < -0.39 is 0 Å². The summed E-state index contributed by atoms with van der Waals surface area (Å²) in [5, 5.41) is 3.22. The van der Waals surface area contributed by atoms with Gasteiger partial charge in [0.15, 0.2) is 0 Å². The first-order valence-electron chi connectivity index (χ1n) is 4.65. The molecule has 0 unspecified atom stereocenters. The Morgan fingerprint density at radius 1 is 1.50 bits per heavy atom. The lowest BCUT2D eigenvalue weighted by Gasteiger charge is -2.40. The second kappa shape index (κ2) is 4.77. The van der Waals surface area contributed by atoms with Gasteiger partial charge in [-0.25, -0.2) is 0 Å². The van der Waals surface area contributed by atoms with Crippen LogP contribution in [0, 0.1) is 0 Å². The number of alkyl halides is 1. The van der Waals surface area contributed by atoms with Crippen LogP contribution in [0.1, 0.15) is 25.7 Å². The van der Waals surface area contributed by atoms with E-state index in [1.165, 1.54) is 6.42 Å². The van der Waals surface area contributed by atoms with Crippen molar-refractivity contribution < 1.29 is 9.13 Å². The smallest absolute Gasteiger partial charge is 0.0906 e. The third-order valence-electron chi connectivity index (χ3n) is 2.63. The summed E-state index contributed by atoms with van der Waals surface area (Å²) in [6, 6.07) is 0. The first-order chi connectivity index (χ1) is 5.83. The van der Waals surface area contributed by atoms with Gasteiger partial charge in [-0.15, -0.1) is 0 Å². The number of methoxy groups -OCH3 is 1. The van der Waals surface area contributed by atoms with Crippen molar-refractivity contribution in [3.05, 3.63) is 0 Å². The van der Waals surface area contributed by atoms with Crippen molar-refractivity contribution in [2.75, 3.05) is 26.9 Å². The third kappa shape index (κ3) is 2.42. The molecule has 1 aliphatic rings. The standard InChI is InChI=1S/C9H18FNO/c1-12-9(4-2-5-9)8-11-7-3-6-10/h11H,2-8H2,1H3. The maximum absolute atomic E-state index is 11.7. The lowest BCUT2D eigenvalue weighted by molar-refractivity contribution is -0.0692. The van der Waals surface area contributed by atoms with Crippen LogP contribution < -0.4 is 5.32 Å². The quantitative estimate of drug-likeness (QED) is 0.618. The molecule has 2 nitrogen and oxygen atoms in total. The molecule has 0 radical (unpaired) electrons. The van der Waals surface area contributed by atoms with E-state index in [1.54, 1.807) is 7.11 Å². The van der Waals surface area contributed by atoms with Crippen LogP contribution in [0.5, 0.6) is 0 Å². The van der Waals surface area contributed by atoms with Gasteiger partial charge in [-0.1, -0.05) is 0 Å². The lowest BCUT2D eigenvalue weighted by atomic mass is 9.80. The lowest BCUT2D eigenvalue weighted by Crippen LogP contribution is -2.48. The summed E-state index contributed by atoms with van der Waals surface area (Å²) in [5.41, 5.74) is 0.0797. The van der Waals surface area contributed by atoms with Crippen molar-refractivity contribution in [1.29, 1.82) is 0 Å². The van der Waals surface area contributed by atoms with Crippen LogP contribution >= 0.6 is 0 Å². The fourth-order valence-corrected chi connectivity index (χ4v) is 1.53. The van der Waals surface area contributed by atoms with Crippen LogP contribution in [0.25, 0.3) is 0 Å². The highest BCUT2D eigenvalue weighted by Gasteiger charge is 2.36. The fraction of sp³-hybridized carbons (Fsp3) is 1.00. The molecule has 0 saturated heterocycles. The molecule has 1 saturated carbocycles. The zero-order valence-corrected chi connectivity index (χ0v) is 7.74. The monoisotopic (exact) mass is 175 g/mol. The van der Waals surface area contributed by atoms with Crippen molar-refractivity contribution >= 4 is 0 Å². The van der Waals surface area contributed by atoms with Gasteiger partial charge in [0.1, 0.15) is 0 Å². The Bertz CT molecular complexity index is 120. The summed E-state index contributed by atoms with van der Waals surface area (Å²) >= 11 is 0. The molecule has 0 aromatic heterocycles. The fourth-order valence-electron chi connectivity index (χ4n) is 1.53. The summed E-state index contributed by atoms with van der Waals surface area (Å²) in [6.07, 6.45) is 4.16. The van der Waals surface area contributed by atoms with Gasteiger partial charge in [-0.05, 0) is 32.2 Å². The Kier molecular flexibility index (Phi) is 3.95. The Hall–Kier alpha value is -0.150.